The van der Waals surface area contributed by atoms with Crippen molar-refractivity contribution in [3.8, 4) is 28.4 Å². The van der Waals surface area contributed by atoms with Crippen LogP contribution in [0.2, 0.25) is 0 Å². The van der Waals surface area contributed by atoms with Crippen LogP contribution in [0.3, 0.4) is 0 Å². The van der Waals surface area contributed by atoms with Crippen LogP contribution in [-0.4, -0.2) is 47.1 Å². The van der Waals surface area contributed by atoms with Gasteiger partial charge in [0.1, 0.15) is 11.6 Å². The van der Waals surface area contributed by atoms with Gasteiger partial charge in [0.25, 0.3) is 0 Å². The lowest BCUT2D eigenvalue weighted by Crippen LogP contribution is -2.20. The van der Waals surface area contributed by atoms with Crippen molar-refractivity contribution in [1.29, 1.82) is 0 Å². The molecule has 1 saturated heterocycles. The number of fused-ring (bicyclic) bond motifs is 1. The fraction of sp³-hybridized carbons (Fsp3) is 0.261. The maximum atomic E-state index is 13.9. The summed E-state index contributed by atoms with van der Waals surface area (Å²) in [7, 11) is 3.18. The first-order valence-electron chi connectivity index (χ1n) is 10.4. The van der Waals surface area contributed by atoms with Crippen molar-refractivity contribution < 1.29 is 13.9 Å². The zero-order valence-electron chi connectivity index (χ0n) is 17.9. The molecule has 32 heavy (non-hydrogen) atoms. The van der Waals surface area contributed by atoms with E-state index in [1.807, 2.05) is 18.2 Å². The van der Waals surface area contributed by atoms with Crippen LogP contribution in [0.4, 0.5) is 16.2 Å². The number of rotatable bonds is 5. The fourth-order valence-electron chi connectivity index (χ4n) is 4.06. The van der Waals surface area contributed by atoms with E-state index in [-0.39, 0.29) is 5.82 Å². The van der Waals surface area contributed by atoms with Gasteiger partial charge in [-0.2, -0.15) is 4.98 Å². The molecule has 2 N–H and O–H groups in total. The van der Waals surface area contributed by atoms with E-state index >= 15 is 0 Å². The molecule has 0 spiro atoms. The number of aromatic nitrogens is 4. The molecular weight excluding hydrogens is 411 g/mol. The first-order valence-corrected chi connectivity index (χ1v) is 10.4. The zero-order chi connectivity index (χ0) is 22.2. The van der Waals surface area contributed by atoms with E-state index in [4.69, 9.17) is 25.2 Å². The quantitative estimate of drug-likeness (QED) is 0.511. The van der Waals surface area contributed by atoms with Gasteiger partial charge in [-0.1, -0.05) is 6.07 Å². The maximum Gasteiger partial charge on any atom is 0.228 e. The monoisotopic (exact) mass is 434 g/mol. The van der Waals surface area contributed by atoms with Crippen molar-refractivity contribution in [2.45, 2.75) is 12.8 Å². The van der Waals surface area contributed by atoms with Crippen LogP contribution in [0.1, 0.15) is 12.8 Å². The van der Waals surface area contributed by atoms with E-state index in [0.717, 1.165) is 31.5 Å². The molecule has 0 unspecified atom stereocenters. The van der Waals surface area contributed by atoms with Gasteiger partial charge in [0.2, 0.25) is 5.95 Å². The van der Waals surface area contributed by atoms with E-state index in [0.29, 0.717) is 45.7 Å². The molecule has 2 aromatic carbocycles. The van der Waals surface area contributed by atoms with Crippen molar-refractivity contribution in [3.63, 3.8) is 0 Å². The Balaban J connectivity index is 1.76. The zero-order valence-corrected chi connectivity index (χ0v) is 17.9. The van der Waals surface area contributed by atoms with Gasteiger partial charge in [0.15, 0.2) is 17.1 Å². The number of nitrogens with two attached hydrogens (primary N) is 1. The second kappa shape index (κ2) is 7.99. The standard InChI is InChI=1S/C23H23FN6O2/c1-31-17-9-8-14(12-18(17)32-2)20-19-21(25)30(16-7-5-6-15(24)13-16)28-22(19)27-23(26-20)29-10-3-4-11-29/h5-9,12-13H,3-4,10-11,25H2,1-2H3. The highest BCUT2D eigenvalue weighted by atomic mass is 19.1. The van der Waals surface area contributed by atoms with E-state index in [9.17, 15) is 4.39 Å². The molecule has 1 fully saturated rings. The summed E-state index contributed by atoms with van der Waals surface area (Å²) in [6.07, 6.45) is 2.18. The van der Waals surface area contributed by atoms with E-state index in [2.05, 4.69) is 10.00 Å². The number of hydrogen-bond donors (Lipinski definition) is 1. The Bertz CT molecular complexity index is 1300. The Morgan fingerprint density at radius 1 is 0.969 bits per heavy atom. The molecule has 2 aromatic heterocycles. The third kappa shape index (κ3) is 3.35. The molecule has 9 heteroatoms. The molecule has 1 aliphatic heterocycles. The van der Waals surface area contributed by atoms with E-state index in [1.165, 1.54) is 16.8 Å². The van der Waals surface area contributed by atoms with Crippen molar-refractivity contribution in [2.24, 2.45) is 0 Å². The Hall–Kier alpha value is -3.88. The predicted molar refractivity (Wildman–Crippen MR) is 121 cm³/mol. The van der Waals surface area contributed by atoms with Gasteiger partial charge in [-0.05, 0) is 49.2 Å². The number of nitrogen functional groups attached to an aromatic ring is 1. The van der Waals surface area contributed by atoms with Gasteiger partial charge in [-0.25, -0.2) is 14.1 Å². The molecule has 4 aromatic rings. The third-order valence-electron chi connectivity index (χ3n) is 5.66. The van der Waals surface area contributed by atoms with E-state index < -0.39 is 0 Å². The molecular formula is C23H23FN6O2. The minimum absolute atomic E-state index is 0.336. The van der Waals surface area contributed by atoms with Crippen molar-refractivity contribution >= 4 is 22.8 Å². The van der Waals surface area contributed by atoms with Gasteiger partial charge >= 0.3 is 0 Å². The highest BCUT2D eigenvalue weighted by Gasteiger charge is 2.23. The minimum Gasteiger partial charge on any atom is -0.493 e. The second-order valence-electron chi connectivity index (χ2n) is 7.61. The Morgan fingerprint density at radius 3 is 2.47 bits per heavy atom. The second-order valence-corrected chi connectivity index (χ2v) is 7.61. The van der Waals surface area contributed by atoms with Gasteiger partial charge in [0.05, 0.1) is 31.0 Å². The molecule has 0 saturated carbocycles. The Kier molecular flexibility index (Phi) is 5.01. The molecule has 0 amide bonds. The number of methoxy groups -OCH3 is 2. The fourth-order valence-corrected chi connectivity index (χ4v) is 4.06. The van der Waals surface area contributed by atoms with Crippen LogP contribution in [0.25, 0.3) is 28.0 Å². The molecule has 0 radical (unpaired) electrons. The number of halogens is 1. The number of hydrogen-bond acceptors (Lipinski definition) is 7. The number of anilines is 2. The highest BCUT2D eigenvalue weighted by Crippen LogP contribution is 2.37. The molecule has 3 heterocycles. The summed E-state index contributed by atoms with van der Waals surface area (Å²) in [4.78, 5) is 11.7. The molecule has 0 atom stereocenters. The summed E-state index contributed by atoms with van der Waals surface area (Å²) in [6, 6.07) is 11.7. The summed E-state index contributed by atoms with van der Waals surface area (Å²) in [5, 5.41) is 5.21. The average molecular weight is 434 g/mol. The summed E-state index contributed by atoms with van der Waals surface area (Å²) in [5.41, 5.74) is 8.92. The van der Waals surface area contributed by atoms with Crippen LogP contribution < -0.4 is 20.1 Å². The largest absolute Gasteiger partial charge is 0.493 e. The van der Waals surface area contributed by atoms with Crippen LogP contribution in [0, 0.1) is 5.82 Å². The van der Waals surface area contributed by atoms with Crippen molar-refractivity contribution in [2.75, 3.05) is 37.9 Å². The smallest absolute Gasteiger partial charge is 0.228 e. The molecule has 5 rings (SSSR count). The Morgan fingerprint density at radius 2 is 1.75 bits per heavy atom. The van der Waals surface area contributed by atoms with E-state index in [1.54, 1.807) is 26.4 Å². The third-order valence-corrected chi connectivity index (χ3v) is 5.66. The van der Waals surface area contributed by atoms with Gasteiger partial charge in [-0.3, -0.25) is 0 Å². The number of benzene rings is 2. The van der Waals surface area contributed by atoms with Crippen LogP contribution in [-0.2, 0) is 0 Å². The van der Waals surface area contributed by atoms with Gasteiger partial charge in [-0.15, -0.1) is 5.10 Å². The summed E-state index contributed by atoms with van der Waals surface area (Å²) in [5.74, 6) is 1.76. The Labute approximate surface area is 184 Å². The molecule has 0 aliphatic carbocycles. The first kappa shape index (κ1) is 20.0. The topological polar surface area (TPSA) is 91.3 Å². The maximum absolute atomic E-state index is 13.9. The summed E-state index contributed by atoms with van der Waals surface area (Å²) in [6.45, 7) is 1.77. The normalized spacial score (nSPS) is 13.7. The van der Waals surface area contributed by atoms with Crippen molar-refractivity contribution in [3.05, 3.63) is 48.3 Å². The first-order chi connectivity index (χ1) is 15.6. The van der Waals surface area contributed by atoms with Gasteiger partial charge < -0.3 is 20.1 Å². The predicted octanol–water partition coefficient (Wildman–Crippen LogP) is 3.82. The molecule has 164 valence electrons. The molecule has 8 nitrogen and oxygen atoms in total. The lowest BCUT2D eigenvalue weighted by atomic mass is 10.1. The summed E-state index contributed by atoms with van der Waals surface area (Å²) >= 11 is 0. The number of nitrogens with zero attached hydrogens (tertiary/aromatic N) is 5. The highest BCUT2D eigenvalue weighted by molar-refractivity contribution is 5.99. The van der Waals surface area contributed by atoms with Crippen LogP contribution >= 0.6 is 0 Å². The SMILES string of the molecule is COc1ccc(-c2nc(N3CCCC3)nc3nn(-c4cccc(F)c4)c(N)c23)cc1OC. The lowest BCUT2D eigenvalue weighted by Gasteiger charge is -2.16. The van der Waals surface area contributed by atoms with Crippen molar-refractivity contribution in [1.82, 2.24) is 19.7 Å². The molecule has 1 aliphatic rings. The summed E-state index contributed by atoms with van der Waals surface area (Å²) < 4.78 is 26.2. The molecule has 0 bridgehead atoms. The number of ether oxygens (including phenoxy) is 2. The van der Waals surface area contributed by atoms with Crippen LogP contribution in [0.15, 0.2) is 42.5 Å². The minimum atomic E-state index is -0.370. The van der Waals surface area contributed by atoms with Crippen LogP contribution in [0.5, 0.6) is 11.5 Å². The van der Waals surface area contributed by atoms with Gasteiger partial charge in [0, 0.05) is 18.7 Å². The average Bonchev–Trinajstić information content (AvgIpc) is 3.46. The lowest BCUT2D eigenvalue weighted by molar-refractivity contribution is 0.355.